The summed E-state index contributed by atoms with van der Waals surface area (Å²) in [7, 11) is 0. The second-order valence-electron chi connectivity index (χ2n) is 5.30. The summed E-state index contributed by atoms with van der Waals surface area (Å²) in [6.45, 7) is 1.45. The van der Waals surface area contributed by atoms with E-state index in [0.29, 0.717) is 25.6 Å². The van der Waals surface area contributed by atoms with E-state index in [1.54, 1.807) is 42.5 Å². The van der Waals surface area contributed by atoms with Crippen molar-refractivity contribution in [2.75, 3.05) is 10.2 Å². The van der Waals surface area contributed by atoms with Crippen LogP contribution >= 0.6 is 35.6 Å². The maximum Gasteiger partial charge on any atom is 0.270 e. The topological polar surface area (TPSA) is 49.4 Å². The highest BCUT2D eigenvalue weighted by molar-refractivity contribution is 8.27. The van der Waals surface area contributed by atoms with Crippen molar-refractivity contribution in [1.29, 1.82) is 0 Å². The van der Waals surface area contributed by atoms with Crippen molar-refractivity contribution < 1.29 is 9.59 Å². The van der Waals surface area contributed by atoms with Crippen molar-refractivity contribution in [1.82, 2.24) is 0 Å². The van der Waals surface area contributed by atoms with E-state index in [2.05, 4.69) is 5.32 Å². The van der Waals surface area contributed by atoms with E-state index < -0.39 is 0 Å². The summed E-state index contributed by atoms with van der Waals surface area (Å²) in [5.74, 6) is -0.307. The molecule has 7 heteroatoms. The molecule has 126 valence electrons. The number of thioether (sulfide) groups is 1. The minimum atomic E-state index is -0.178. The van der Waals surface area contributed by atoms with Crippen LogP contribution < -0.4 is 10.2 Å². The summed E-state index contributed by atoms with van der Waals surface area (Å²) in [6, 6.07) is 14.2. The van der Waals surface area contributed by atoms with E-state index in [4.69, 9.17) is 23.8 Å². The largest absolute Gasteiger partial charge is 0.326 e. The Kier molecular flexibility index (Phi) is 5.22. The molecule has 1 aliphatic heterocycles. The molecule has 0 spiro atoms. The number of benzene rings is 2. The monoisotopic (exact) mass is 388 g/mol. The van der Waals surface area contributed by atoms with E-state index in [0.717, 1.165) is 5.56 Å². The molecule has 0 atom stereocenters. The fourth-order valence-electron chi connectivity index (χ4n) is 2.32. The zero-order valence-electron chi connectivity index (χ0n) is 13.2. The van der Waals surface area contributed by atoms with Crippen LogP contribution in [-0.2, 0) is 9.59 Å². The average Bonchev–Trinajstić information content (AvgIpc) is 2.83. The number of anilines is 2. The van der Waals surface area contributed by atoms with Crippen LogP contribution in [0.5, 0.6) is 0 Å². The number of nitrogens with one attached hydrogen (secondary N) is 1. The van der Waals surface area contributed by atoms with Gasteiger partial charge in [-0.2, -0.15) is 0 Å². The van der Waals surface area contributed by atoms with Crippen molar-refractivity contribution in [3.05, 3.63) is 64.0 Å². The van der Waals surface area contributed by atoms with E-state index >= 15 is 0 Å². The first-order chi connectivity index (χ1) is 11.9. The molecule has 0 unspecified atom stereocenters. The van der Waals surface area contributed by atoms with Crippen molar-refractivity contribution >= 4 is 69.2 Å². The van der Waals surface area contributed by atoms with E-state index in [9.17, 15) is 9.59 Å². The van der Waals surface area contributed by atoms with Crippen molar-refractivity contribution in [2.45, 2.75) is 6.92 Å². The van der Waals surface area contributed by atoms with Crippen LogP contribution in [0, 0.1) is 0 Å². The van der Waals surface area contributed by atoms with Crippen LogP contribution in [0.25, 0.3) is 6.08 Å². The second-order valence-corrected chi connectivity index (χ2v) is 7.41. The standard InChI is InChI=1S/C18H13ClN2O2S2/c1-11(22)20-14-7-5-12(6-8-14)9-16-17(23)21(18(24)25-16)15-4-2-3-13(19)10-15/h2-10H,1H3,(H,20,22)/b16-9+. The van der Waals surface area contributed by atoms with Crippen molar-refractivity contribution in [3.63, 3.8) is 0 Å². The maximum atomic E-state index is 12.7. The Bertz CT molecular complexity index is 894. The molecule has 25 heavy (non-hydrogen) atoms. The molecule has 3 rings (SSSR count). The van der Waals surface area contributed by atoms with Gasteiger partial charge in [-0.25, -0.2) is 0 Å². The lowest BCUT2D eigenvalue weighted by Crippen LogP contribution is -2.27. The molecule has 0 aliphatic carbocycles. The van der Waals surface area contributed by atoms with Crippen LogP contribution in [0.3, 0.4) is 0 Å². The SMILES string of the molecule is CC(=O)Nc1ccc(/C=C2/SC(=S)N(c3cccc(Cl)c3)C2=O)cc1. The lowest BCUT2D eigenvalue weighted by atomic mass is 10.2. The Balaban J connectivity index is 1.84. The first-order valence-electron chi connectivity index (χ1n) is 7.35. The Hall–Kier alpha value is -2.15. The Morgan fingerprint density at radius 3 is 2.60 bits per heavy atom. The van der Waals surface area contributed by atoms with E-state index in [1.165, 1.54) is 23.6 Å². The predicted molar refractivity (Wildman–Crippen MR) is 108 cm³/mol. The molecule has 1 N–H and O–H groups in total. The highest BCUT2D eigenvalue weighted by Gasteiger charge is 2.33. The molecule has 2 aromatic carbocycles. The molecule has 1 aliphatic rings. The summed E-state index contributed by atoms with van der Waals surface area (Å²) < 4.78 is 0.466. The molecule has 4 nitrogen and oxygen atoms in total. The smallest absolute Gasteiger partial charge is 0.270 e. The molecule has 2 aromatic rings. The molecular weight excluding hydrogens is 376 g/mol. The number of halogens is 1. The lowest BCUT2D eigenvalue weighted by molar-refractivity contribution is -0.114. The molecule has 2 amide bonds. The van der Waals surface area contributed by atoms with Gasteiger partial charge in [0.1, 0.15) is 0 Å². The average molecular weight is 389 g/mol. The number of nitrogens with zero attached hydrogens (tertiary/aromatic N) is 1. The zero-order chi connectivity index (χ0) is 18.0. The number of hydrogen-bond acceptors (Lipinski definition) is 4. The van der Waals surface area contributed by atoms with Gasteiger partial charge in [0.2, 0.25) is 5.91 Å². The summed E-state index contributed by atoms with van der Waals surface area (Å²) >= 11 is 12.6. The number of rotatable bonds is 3. The summed E-state index contributed by atoms with van der Waals surface area (Å²) in [5.41, 5.74) is 2.20. The summed E-state index contributed by atoms with van der Waals surface area (Å²) in [6.07, 6.45) is 1.78. The van der Waals surface area contributed by atoms with Gasteiger partial charge in [0, 0.05) is 17.6 Å². The van der Waals surface area contributed by atoms with Gasteiger partial charge in [-0.1, -0.05) is 53.8 Å². The van der Waals surface area contributed by atoms with Crippen LogP contribution in [0.2, 0.25) is 5.02 Å². The number of carbonyl (C=O) groups excluding carboxylic acids is 2. The summed E-state index contributed by atoms with van der Waals surface area (Å²) in [5, 5.41) is 3.25. The quantitative estimate of drug-likeness (QED) is 0.611. The van der Waals surface area contributed by atoms with Crippen LogP contribution in [0.15, 0.2) is 53.4 Å². The molecule has 0 aromatic heterocycles. The minimum absolute atomic E-state index is 0.129. The van der Waals surface area contributed by atoms with Crippen molar-refractivity contribution in [2.24, 2.45) is 0 Å². The van der Waals surface area contributed by atoms with Gasteiger partial charge in [0.15, 0.2) is 4.32 Å². The van der Waals surface area contributed by atoms with Crippen LogP contribution in [-0.4, -0.2) is 16.1 Å². The second kappa shape index (κ2) is 7.39. The number of amides is 2. The van der Waals surface area contributed by atoms with E-state index in [-0.39, 0.29) is 11.8 Å². The molecule has 0 radical (unpaired) electrons. The van der Waals surface area contributed by atoms with Gasteiger partial charge in [-0.3, -0.25) is 14.5 Å². The van der Waals surface area contributed by atoms with Gasteiger partial charge in [-0.15, -0.1) is 0 Å². The molecule has 0 bridgehead atoms. The third kappa shape index (κ3) is 4.10. The fourth-order valence-corrected chi connectivity index (χ4v) is 3.81. The number of hydrogen-bond donors (Lipinski definition) is 1. The maximum absolute atomic E-state index is 12.7. The van der Waals surface area contributed by atoms with Gasteiger partial charge >= 0.3 is 0 Å². The highest BCUT2D eigenvalue weighted by atomic mass is 35.5. The van der Waals surface area contributed by atoms with Crippen molar-refractivity contribution in [3.8, 4) is 0 Å². The summed E-state index contributed by atoms with van der Waals surface area (Å²) in [4.78, 5) is 25.8. The van der Waals surface area contributed by atoms with Gasteiger partial charge < -0.3 is 5.32 Å². The highest BCUT2D eigenvalue weighted by Crippen LogP contribution is 2.36. The lowest BCUT2D eigenvalue weighted by Gasteiger charge is -2.14. The Morgan fingerprint density at radius 1 is 1.24 bits per heavy atom. The third-order valence-electron chi connectivity index (χ3n) is 3.39. The first kappa shape index (κ1) is 17.7. The first-order valence-corrected chi connectivity index (χ1v) is 8.95. The molecule has 0 saturated carbocycles. The Labute approximate surface area is 159 Å². The molecule has 1 saturated heterocycles. The van der Waals surface area contributed by atoms with Gasteiger partial charge in [0.05, 0.1) is 10.6 Å². The number of carbonyl (C=O) groups is 2. The minimum Gasteiger partial charge on any atom is -0.326 e. The normalized spacial score (nSPS) is 15.8. The molecule has 1 fully saturated rings. The van der Waals surface area contributed by atoms with E-state index in [1.807, 2.05) is 12.1 Å². The zero-order valence-corrected chi connectivity index (χ0v) is 15.5. The molecular formula is C18H13ClN2O2S2. The third-order valence-corrected chi connectivity index (χ3v) is 4.93. The van der Waals surface area contributed by atoms with Crippen LogP contribution in [0.4, 0.5) is 11.4 Å². The Morgan fingerprint density at radius 2 is 1.96 bits per heavy atom. The fraction of sp³-hybridized carbons (Fsp3) is 0.0556. The molecule has 1 heterocycles. The van der Waals surface area contributed by atoms with Gasteiger partial charge in [-0.05, 0) is 42.0 Å². The number of thiocarbonyl (C=S) groups is 1. The van der Waals surface area contributed by atoms with Gasteiger partial charge in [0.25, 0.3) is 5.91 Å². The van der Waals surface area contributed by atoms with Crippen LogP contribution in [0.1, 0.15) is 12.5 Å². The predicted octanol–water partition coefficient (Wildman–Crippen LogP) is 4.70.